The molecule has 2 aliphatic heterocycles. The van der Waals surface area contributed by atoms with Gasteiger partial charge in [-0.15, -0.1) is 0 Å². The summed E-state index contributed by atoms with van der Waals surface area (Å²) in [6, 6.07) is 0. The molecule has 3 aliphatic rings. The van der Waals surface area contributed by atoms with Gasteiger partial charge in [0.2, 0.25) is 5.91 Å². The standard InChI is InChI=1S/C22H31N5O2/c1-2-25-8-5-16(6-9-25)11-21(28)26-10-7-20-18(13-26)22(19-14-29-15-23-19)24-27(20)12-17-3-4-17/h14-17H,2-13H2,1H3. The maximum atomic E-state index is 13.1. The van der Waals surface area contributed by atoms with Crippen LogP contribution in [0.15, 0.2) is 17.1 Å². The minimum Gasteiger partial charge on any atom is -0.451 e. The molecule has 1 saturated carbocycles. The van der Waals surface area contributed by atoms with Crippen LogP contribution in [0.2, 0.25) is 0 Å². The number of piperidine rings is 1. The summed E-state index contributed by atoms with van der Waals surface area (Å²) in [5, 5.41) is 4.89. The Labute approximate surface area is 172 Å². The number of carbonyl (C=O) groups is 1. The molecule has 4 heterocycles. The molecule has 7 nitrogen and oxygen atoms in total. The molecule has 1 saturated heterocycles. The molecule has 0 N–H and O–H groups in total. The van der Waals surface area contributed by atoms with Gasteiger partial charge in [-0.2, -0.15) is 5.10 Å². The maximum absolute atomic E-state index is 13.1. The number of hydrogen-bond acceptors (Lipinski definition) is 5. The Bertz CT molecular complexity index is 847. The molecule has 0 radical (unpaired) electrons. The zero-order valence-electron chi connectivity index (χ0n) is 17.3. The second-order valence-electron chi connectivity index (χ2n) is 8.92. The van der Waals surface area contributed by atoms with Crippen molar-refractivity contribution in [2.45, 2.75) is 58.5 Å². The lowest BCUT2D eigenvalue weighted by molar-refractivity contribution is -0.133. The molecule has 2 fully saturated rings. The number of nitrogens with zero attached hydrogens (tertiary/aromatic N) is 5. The van der Waals surface area contributed by atoms with Crippen LogP contribution in [0.1, 0.15) is 50.3 Å². The van der Waals surface area contributed by atoms with Crippen LogP contribution in [-0.4, -0.2) is 56.7 Å². The van der Waals surface area contributed by atoms with Gasteiger partial charge in [-0.1, -0.05) is 6.92 Å². The number of oxazole rings is 1. The second kappa shape index (κ2) is 7.94. The van der Waals surface area contributed by atoms with Gasteiger partial charge in [0.05, 0.1) is 0 Å². The van der Waals surface area contributed by atoms with Crippen LogP contribution in [0.5, 0.6) is 0 Å². The highest BCUT2D eigenvalue weighted by atomic mass is 16.3. The summed E-state index contributed by atoms with van der Waals surface area (Å²) < 4.78 is 7.39. The van der Waals surface area contributed by atoms with Crippen molar-refractivity contribution in [2.24, 2.45) is 11.8 Å². The van der Waals surface area contributed by atoms with E-state index in [4.69, 9.17) is 9.52 Å². The fraction of sp³-hybridized carbons (Fsp3) is 0.682. The van der Waals surface area contributed by atoms with E-state index in [1.165, 1.54) is 30.5 Å². The highest BCUT2D eigenvalue weighted by molar-refractivity contribution is 5.77. The first-order valence-electron chi connectivity index (χ1n) is 11.2. The molecule has 0 unspecified atom stereocenters. The van der Waals surface area contributed by atoms with Crippen molar-refractivity contribution >= 4 is 5.91 Å². The third-order valence-corrected chi connectivity index (χ3v) is 6.91. The van der Waals surface area contributed by atoms with Crippen molar-refractivity contribution in [3.63, 3.8) is 0 Å². The van der Waals surface area contributed by atoms with Gasteiger partial charge in [-0.05, 0) is 57.2 Å². The number of fused-ring (bicyclic) bond motifs is 1. The molecule has 5 rings (SSSR count). The van der Waals surface area contributed by atoms with Gasteiger partial charge in [-0.3, -0.25) is 9.48 Å². The highest BCUT2D eigenvalue weighted by Crippen LogP contribution is 2.35. The predicted octanol–water partition coefficient (Wildman–Crippen LogP) is 2.95. The van der Waals surface area contributed by atoms with Gasteiger partial charge in [-0.25, -0.2) is 4.98 Å². The molecule has 0 bridgehead atoms. The Morgan fingerprint density at radius 3 is 2.69 bits per heavy atom. The average Bonchev–Trinajstić information content (AvgIpc) is 3.26. The van der Waals surface area contributed by atoms with Crippen molar-refractivity contribution in [3.05, 3.63) is 23.9 Å². The molecule has 29 heavy (non-hydrogen) atoms. The molecular weight excluding hydrogens is 366 g/mol. The number of carbonyl (C=O) groups excluding carboxylic acids is 1. The summed E-state index contributed by atoms with van der Waals surface area (Å²) in [6.45, 7) is 8.02. The van der Waals surface area contributed by atoms with E-state index in [1.807, 2.05) is 4.90 Å². The van der Waals surface area contributed by atoms with E-state index in [9.17, 15) is 4.79 Å². The summed E-state index contributed by atoms with van der Waals surface area (Å²) in [6.07, 6.45) is 9.56. The lowest BCUT2D eigenvalue weighted by atomic mass is 9.92. The van der Waals surface area contributed by atoms with Crippen LogP contribution in [0.25, 0.3) is 11.4 Å². The molecule has 0 aromatic carbocycles. The zero-order chi connectivity index (χ0) is 19.8. The Hall–Kier alpha value is -2.15. The SMILES string of the molecule is CCN1CCC(CC(=O)N2CCc3c(c(-c4cocn4)nn3CC3CC3)C2)CC1. The van der Waals surface area contributed by atoms with Crippen LogP contribution in [0.4, 0.5) is 0 Å². The molecule has 2 aromatic rings. The molecule has 0 spiro atoms. The molecule has 0 atom stereocenters. The highest BCUT2D eigenvalue weighted by Gasteiger charge is 2.32. The van der Waals surface area contributed by atoms with Crippen molar-refractivity contribution in [2.75, 3.05) is 26.2 Å². The second-order valence-corrected chi connectivity index (χ2v) is 8.92. The van der Waals surface area contributed by atoms with Crippen LogP contribution < -0.4 is 0 Å². The Morgan fingerprint density at radius 1 is 1.17 bits per heavy atom. The van der Waals surface area contributed by atoms with Gasteiger partial charge < -0.3 is 14.2 Å². The lowest BCUT2D eigenvalue weighted by Crippen LogP contribution is -2.39. The normalized spacial score (nSPS) is 20.8. The van der Waals surface area contributed by atoms with Gasteiger partial charge >= 0.3 is 0 Å². The van der Waals surface area contributed by atoms with Gasteiger partial charge in [0.1, 0.15) is 17.7 Å². The van der Waals surface area contributed by atoms with Gasteiger partial charge in [0.15, 0.2) is 6.39 Å². The molecule has 1 amide bonds. The number of likely N-dealkylation sites (tertiary alicyclic amines) is 1. The quantitative estimate of drug-likeness (QED) is 0.750. The van der Waals surface area contributed by atoms with E-state index in [1.54, 1.807) is 6.26 Å². The van der Waals surface area contributed by atoms with E-state index >= 15 is 0 Å². The first-order chi connectivity index (χ1) is 14.2. The molecule has 7 heteroatoms. The summed E-state index contributed by atoms with van der Waals surface area (Å²) in [5.74, 6) is 1.59. The molecule has 2 aromatic heterocycles. The van der Waals surface area contributed by atoms with Gasteiger partial charge in [0.25, 0.3) is 0 Å². The largest absolute Gasteiger partial charge is 0.451 e. The summed E-state index contributed by atoms with van der Waals surface area (Å²) >= 11 is 0. The summed E-state index contributed by atoms with van der Waals surface area (Å²) in [7, 11) is 0. The fourth-order valence-electron chi connectivity index (χ4n) is 4.82. The fourth-order valence-corrected chi connectivity index (χ4v) is 4.82. The number of amides is 1. The van der Waals surface area contributed by atoms with Crippen LogP contribution >= 0.6 is 0 Å². The van der Waals surface area contributed by atoms with Crippen LogP contribution in [0, 0.1) is 11.8 Å². The monoisotopic (exact) mass is 397 g/mol. The van der Waals surface area contributed by atoms with Crippen LogP contribution in [0.3, 0.4) is 0 Å². The predicted molar refractivity (Wildman–Crippen MR) is 109 cm³/mol. The van der Waals surface area contributed by atoms with E-state index in [-0.39, 0.29) is 0 Å². The zero-order valence-corrected chi connectivity index (χ0v) is 17.3. The third kappa shape index (κ3) is 3.97. The molecule has 156 valence electrons. The Kier molecular flexibility index (Phi) is 5.16. The van der Waals surface area contributed by atoms with Crippen molar-refractivity contribution in [1.29, 1.82) is 0 Å². The maximum Gasteiger partial charge on any atom is 0.223 e. The Morgan fingerprint density at radius 2 is 2.00 bits per heavy atom. The van der Waals surface area contributed by atoms with Gasteiger partial charge in [0, 0.05) is 43.7 Å². The molecule has 1 aliphatic carbocycles. The smallest absolute Gasteiger partial charge is 0.223 e. The van der Waals surface area contributed by atoms with E-state index in [2.05, 4.69) is 21.5 Å². The number of aromatic nitrogens is 3. The lowest BCUT2D eigenvalue weighted by Gasteiger charge is -2.33. The van der Waals surface area contributed by atoms with E-state index in [0.29, 0.717) is 24.8 Å². The van der Waals surface area contributed by atoms with E-state index < -0.39 is 0 Å². The average molecular weight is 398 g/mol. The first kappa shape index (κ1) is 18.9. The minimum atomic E-state index is 0.298. The topological polar surface area (TPSA) is 67.4 Å². The minimum absolute atomic E-state index is 0.298. The third-order valence-electron chi connectivity index (χ3n) is 6.91. The summed E-state index contributed by atoms with van der Waals surface area (Å²) in [4.78, 5) is 21.9. The Balaban J connectivity index is 1.30. The number of hydrogen-bond donors (Lipinski definition) is 0. The van der Waals surface area contributed by atoms with Crippen molar-refractivity contribution < 1.29 is 9.21 Å². The van der Waals surface area contributed by atoms with Crippen LogP contribution in [-0.2, 0) is 24.3 Å². The van der Waals surface area contributed by atoms with Crippen molar-refractivity contribution in [3.8, 4) is 11.4 Å². The van der Waals surface area contributed by atoms with Crippen molar-refractivity contribution in [1.82, 2.24) is 24.6 Å². The number of rotatable bonds is 6. The van der Waals surface area contributed by atoms with E-state index in [0.717, 1.165) is 69.3 Å². The first-order valence-corrected chi connectivity index (χ1v) is 11.2. The molecular formula is C22H31N5O2. The summed E-state index contributed by atoms with van der Waals surface area (Å²) in [5.41, 5.74) is 4.12.